The Morgan fingerprint density at radius 1 is 1.12 bits per heavy atom. The average molecular weight is 339 g/mol. The van der Waals surface area contributed by atoms with Crippen LogP contribution in [0.1, 0.15) is 35.6 Å². The van der Waals surface area contributed by atoms with Crippen molar-refractivity contribution in [3.8, 4) is 0 Å². The molecule has 1 atom stereocenters. The molecule has 0 unspecified atom stereocenters. The summed E-state index contributed by atoms with van der Waals surface area (Å²) in [5, 5.41) is 3.09. The zero-order chi connectivity index (χ0) is 17.4. The van der Waals surface area contributed by atoms with Crippen LogP contribution in [0.25, 0.3) is 0 Å². The number of fused-ring (bicyclic) bond motifs is 1. The molecule has 4 rings (SSSR count). The van der Waals surface area contributed by atoms with Crippen LogP contribution >= 0.6 is 0 Å². The van der Waals surface area contributed by atoms with Gasteiger partial charge in [-0.05, 0) is 48.1 Å². The third-order valence-electron chi connectivity index (χ3n) is 5.23. The quantitative estimate of drug-likeness (QED) is 0.884. The van der Waals surface area contributed by atoms with Crippen LogP contribution in [0, 0.1) is 5.82 Å². The van der Waals surface area contributed by atoms with E-state index >= 15 is 0 Å². The fraction of sp³-hybridized carbons (Fsp3) is 0.350. The number of benzene rings is 2. The molecule has 1 aliphatic heterocycles. The average Bonchev–Trinajstić information content (AvgIpc) is 2.60. The Bertz CT molecular complexity index is 771. The highest BCUT2D eigenvalue weighted by molar-refractivity contribution is 5.76. The smallest absolute Gasteiger partial charge is 0.318 e. The van der Waals surface area contributed by atoms with Gasteiger partial charge in [-0.25, -0.2) is 9.18 Å². The number of carbonyl (C=O) groups excluding carboxylic acids is 1. The van der Waals surface area contributed by atoms with Crippen molar-refractivity contribution in [3.05, 3.63) is 71.0 Å². The maximum absolute atomic E-state index is 13.4. The SMILES string of the molecule is N[C@H]1C[C@@H](NC(=O)N2CCc3ccccc3[C@@H]2c2ccc(F)cc2)C1. The number of hydrogen-bond acceptors (Lipinski definition) is 2. The van der Waals surface area contributed by atoms with Gasteiger partial charge in [-0.1, -0.05) is 36.4 Å². The molecule has 1 heterocycles. The van der Waals surface area contributed by atoms with Gasteiger partial charge in [-0.3, -0.25) is 0 Å². The number of nitrogens with one attached hydrogen (secondary N) is 1. The number of rotatable bonds is 2. The van der Waals surface area contributed by atoms with Crippen molar-refractivity contribution in [1.29, 1.82) is 0 Å². The Labute approximate surface area is 146 Å². The molecule has 0 spiro atoms. The molecule has 25 heavy (non-hydrogen) atoms. The molecule has 0 radical (unpaired) electrons. The van der Waals surface area contributed by atoms with Crippen molar-refractivity contribution in [2.45, 2.75) is 37.4 Å². The number of carbonyl (C=O) groups is 1. The first kappa shape index (κ1) is 16.1. The second-order valence-corrected chi connectivity index (χ2v) is 6.97. The van der Waals surface area contributed by atoms with E-state index in [9.17, 15) is 9.18 Å². The van der Waals surface area contributed by atoms with Crippen LogP contribution < -0.4 is 11.1 Å². The molecular formula is C20H22FN3O. The van der Waals surface area contributed by atoms with E-state index in [1.807, 2.05) is 17.0 Å². The van der Waals surface area contributed by atoms with Crippen molar-refractivity contribution >= 4 is 6.03 Å². The molecule has 1 aliphatic carbocycles. The van der Waals surface area contributed by atoms with E-state index in [0.717, 1.165) is 30.4 Å². The number of hydrogen-bond donors (Lipinski definition) is 2. The molecule has 2 amide bonds. The highest BCUT2D eigenvalue weighted by Crippen LogP contribution is 2.35. The lowest BCUT2D eigenvalue weighted by molar-refractivity contribution is 0.167. The lowest BCUT2D eigenvalue weighted by Crippen LogP contribution is -2.55. The van der Waals surface area contributed by atoms with E-state index in [2.05, 4.69) is 17.4 Å². The molecule has 1 fully saturated rings. The zero-order valence-corrected chi connectivity index (χ0v) is 14.0. The number of amides is 2. The monoisotopic (exact) mass is 339 g/mol. The first-order valence-corrected chi connectivity index (χ1v) is 8.78. The van der Waals surface area contributed by atoms with Crippen LogP contribution in [0.5, 0.6) is 0 Å². The topological polar surface area (TPSA) is 58.4 Å². The molecule has 3 N–H and O–H groups in total. The van der Waals surface area contributed by atoms with Gasteiger partial charge in [0.2, 0.25) is 0 Å². The van der Waals surface area contributed by atoms with Gasteiger partial charge in [0.05, 0.1) is 6.04 Å². The lowest BCUT2D eigenvalue weighted by Gasteiger charge is -2.40. The molecule has 0 bridgehead atoms. The summed E-state index contributed by atoms with van der Waals surface area (Å²) in [6, 6.07) is 14.7. The van der Waals surface area contributed by atoms with Crippen molar-refractivity contribution in [1.82, 2.24) is 10.2 Å². The number of nitrogens with two attached hydrogens (primary N) is 1. The summed E-state index contributed by atoms with van der Waals surface area (Å²) >= 11 is 0. The van der Waals surface area contributed by atoms with Crippen molar-refractivity contribution in [2.75, 3.05) is 6.54 Å². The van der Waals surface area contributed by atoms with E-state index in [1.165, 1.54) is 17.7 Å². The molecular weight excluding hydrogens is 317 g/mol. The third-order valence-corrected chi connectivity index (χ3v) is 5.23. The van der Waals surface area contributed by atoms with Crippen molar-refractivity contribution in [3.63, 3.8) is 0 Å². The van der Waals surface area contributed by atoms with Crippen molar-refractivity contribution < 1.29 is 9.18 Å². The number of urea groups is 1. The maximum atomic E-state index is 13.4. The minimum absolute atomic E-state index is 0.0688. The van der Waals surface area contributed by atoms with E-state index in [0.29, 0.717) is 6.54 Å². The zero-order valence-electron chi connectivity index (χ0n) is 14.0. The summed E-state index contributed by atoms with van der Waals surface area (Å²) in [6.07, 6.45) is 2.49. The Kier molecular flexibility index (Phi) is 4.17. The van der Waals surface area contributed by atoms with Gasteiger partial charge < -0.3 is 16.0 Å². The summed E-state index contributed by atoms with van der Waals surface area (Å²) < 4.78 is 13.4. The van der Waals surface area contributed by atoms with Crippen LogP contribution in [0.15, 0.2) is 48.5 Å². The molecule has 2 aromatic carbocycles. The normalized spacial score (nSPS) is 25.0. The number of nitrogens with zero attached hydrogens (tertiary/aromatic N) is 1. The molecule has 4 nitrogen and oxygen atoms in total. The molecule has 1 saturated carbocycles. The van der Waals surface area contributed by atoms with Gasteiger partial charge in [-0.15, -0.1) is 0 Å². The lowest BCUT2D eigenvalue weighted by atomic mass is 9.87. The van der Waals surface area contributed by atoms with Gasteiger partial charge in [-0.2, -0.15) is 0 Å². The highest BCUT2D eigenvalue weighted by Gasteiger charge is 2.34. The van der Waals surface area contributed by atoms with E-state index < -0.39 is 0 Å². The first-order chi connectivity index (χ1) is 12.1. The molecule has 2 aliphatic rings. The minimum Gasteiger partial charge on any atom is -0.335 e. The molecule has 0 saturated heterocycles. The fourth-order valence-electron chi connectivity index (χ4n) is 3.83. The first-order valence-electron chi connectivity index (χ1n) is 8.78. The van der Waals surface area contributed by atoms with E-state index in [1.54, 1.807) is 12.1 Å². The molecule has 130 valence electrons. The van der Waals surface area contributed by atoms with Crippen LogP contribution in [-0.4, -0.2) is 29.6 Å². The van der Waals surface area contributed by atoms with Gasteiger partial charge in [0.1, 0.15) is 5.82 Å². The largest absolute Gasteiger partial charge is 0.335 e. The van der Waals surface area contributed by atoms with Gasteiger partial charge >= 0.3 is 6.03 Å². The summed E-state index contributed by atoms with van der Waals surface area (Å²) in [7, 11) is 0. The minimum atomic E-state index is -0.271. The summed E-state index contributed by atoms with van der Waals surface area (Å²) in [6.45, 7) is 0.643. The second-order valence-electron chi connectivity index (χ2n) is 6.97. The number of halogens is 1. The van der Waals surface area contributed by atoms with Gasteiger partial charge in [0.25, 0.3) is 0 Å². The van der Waals surface area contributed by atoms with Gasteiger partial charge in [0, 0.05) is 18.6 Å². The van der Waals surface area contributed by atoms with Crippen LogP contribution in [0.4, 0.5) is 9.18 Å². The summed E-state index contributed by atoms with van der Waals surface area (Å²) in [4.78, 5) is 14.7. The van der Waals surface area contributed by atoms with Crippen LogP contribution in [0.2, 0.25) is 0 Å². The summed E-state index contributed by atoms with van der Waals surface area (Å²) in [5.41, 5.74) is 9.10. The van der Waals surface area contributed by atoms with Crippen LogP contribution in [-0.2, 0) is 6.42 Å². The van der Waals surface area contributed by atoms with E-state index in [4.69, 9.17) is 5.73 Å². The Hall–Kier alpha value is -2.40. The van der Waals surface area contributed by atoms with Crippen LogP contribution in [0.3, 0.4) is 0 Å². The highest BCUT2D eigenvalue weighted by atomic mass is 19.1. The summed E-state index contributed by atoms with van der Waals surface area (Å²) in [5.74, 6) is -0.271. The van der Waals surface area contributed by atoms with Crippen molar-refractivity contribution in [2.24, 2.45) is 5.73 Å². The predicted octanol–water partition coefficient (Wildman–Crippen LogP) is 2.97. The maximum Gasteiger partial charge on any atom is 0.318 e. The standard InChI is InChI=1S/C20H22FN3O/c21-15-7-5-14(6-8-15)19-18-4-2-1-3-13(18)9-10-24(19)20(25)23-17-11-16(22)12-17/h1-8,16-17,19H,9-12,22H2,(H,23,25)/t16-,17+,19-/m0/s1. The third kappa shape index (κ3) is 3.12. The molecule has 0 aromatic heterocycles. The molecule has 2 aromatic rings. The fourth-order valence-corrected chi connectivity index (χ4v) is 3.83. The second kappa shape index (κ2) is 6.48. The Morgan fingerprint density at radius 3 is 2.56 bits per heavy atom. The van der Waals surface area contributed by atoms with E-state index in [-0.39, 0.29) is 30.0 Å². The molecule has 5 heteroatoms. The van der Waals surface area contributed by atoms with Gasteiger partial charge in [0.15, 0.2) is 0 Å². The Morgan fingerprint density at radius 2 is 1.84 bits per heavy atom. The Balaban J connectivity index is 1.65. The predicted molar refractivity (Wildman–Crippen MR) is 94.6 cm³/mol.